The van der Waals surface area contributed by atoms with Gasteiger partial charge < -0.3 is 5.32 Å². The average Bonchev–Trinajstić information content (AvgIpc) is 3.05. The first-order chi connectivity index (χ1) is 9.83. The number of H-pyrrole nitrogens is 1. The van der Waals surface area contributed by atoms with Gasteiger partial charge >= 0.3 is 0 Å². The maximum absolute atomic E-state index is 6.33. The molecule has 2 N–H and O–H groups in total. The summed E-state index contributed by atoms with van der Waals surface area (Å²) in [4.78, 5) is 8.38. The van der Waals surface area contributed by atoms with Gasteiger partial charge in [-0.2, -0.15) is 5.10 Å². The van der Waals surface area contributed by atoms with Crippen LogP contribution in [0, 0.1) is 0 Å². The Morgan fingerprint density at radius 3 is 3.00 bits per heavy atom. The van der Waals surface area contributed by atoms with Gasteiger partial charge in [-0.25, -0.2) is 9.97 Å². The molecule has 0 amide bonds. The van der Waals surface area contributed by atoms with E-state index in [-0.39, 0.29) is 0 Å². The van der Waals surface area contributed by atoms with Crippen molar-refractivity contribution in [2.75, 3.05) is 5.32 Å². The summed E-state index contributed by atoms with van der Waals surface area (Å²) in [5, 5.41) is 12.0. The Labute approximate surface area is 122 Å². The summed E-state index contributed by atoms with van der Waals surface area (Å²) in [6.45, 7) is 0. The second-order valence-corrected chi connectivity index (χ2v) is 5.88. The minimum atomic E-state index is 0.689. The van der Waals surface area contributed by atoms with Crippen molar-refractivity contribution in [3.63, 3.8) is 0 Å². The van der Waals surface area contributed by atoms with Crippen LogP contribution in [-0.2, 0) is 0 Å². The molecule has 3 heterocycles. The largest absolute Gasteiger partial charge is 0.337 e. The van der Waals surface area contributed by atoms with Crippen molar-refractivity contribution in [3.8, 4) is 0 Å². The van der Waals surface area contributed by atoms with Gasteiger partial charge in [-0.1, -0.05) is 29.8 Å². The van der Waals surface area contributed by atoms with E-state index >= 15 is 0 Å². The van der Waals surface area contributed by atoms with Crippen LogP contribution in [0.15, 0.2) is 36.8 Å². The van der Waals surface area contributed by atoms with Crippen molar-refractivity contribution in [1.82, 2.24) is 20.2 Å². The molecule has 4 aromatic rings. The van der Waals surface area contributed by atoms with Crippen molar-refractivity contribution < 1.29 is 0 Å². The molecule has 0 radical (unpaired) electrons. The lowest BCUT2D eigenvalue weighted by Crippen LogP contribution is -1.94. The van der Waals surface area contributed by atoms with E-state index in [1.165, 1.54) is 6.33 Å². The van der Waals surface area contributed by atoms with Gasteiger partial charge in [0.1, 0.15) is 16.5 Å². The first-order valence-corrected chi connectivity index (χ1v) is 7.10. The maximum atomic E-state index is 6.33. The van der Waals surface area contributed by atoms with E-state index in [9.17, 15) is 0 Å². The quantitative estimate of drug-likeness (QED) is 0.588. The molecule has 0 bridgehead atoms. The van der Waals surface area contributed by atoms with Gasteiger partial charge in [0.25, 0.3) is 0 Å². The van der Waals surface area contributed by atoms with E-state index in [2.05, 4.69) is 25.5 Å². The number of hydrogen-bond donors (Lipinski definition) is 2. The third-order valence-corrected chi connectivity index (χ3v) is 4.42. The Hall–Kier alpha value is -2.18. The molecule has 0 saturated heterocycles. The SMILES string of the molecule is Clc1sc2ccccc2c1Nc1ncnc2[nH]ncc12. The van der Waals surface area contributed by atoms with Crippen molar-refractivity contribution in [2.24, 2.45) is 0 Å². The van der Waals surface area contributed by atoms with Crippen molar-refractivity contribution in [1.29, 1.82) is 0 Å². The number of fused-ring (bicyclic) bond motifs is 2. The number of benzene rings is 1. The number of halogens is 1. The van der Waals surface area contributed by atoms with Gasteiger partial charge in [-0.05, 0) is 6.07 Å². The van der Waals surface area contributed by atoms with Crippen molar-refractivity contribution in [2.45, 2.75) is 0 Å². The highest BCUT2D eigenvalue weighted by Crippen LogP contribution is 2.41. The van der Waals surface area contributed by atoms with Gasteiger partial charge in [-0.3, -0.25) is 5.10 Å². The molecule has 1 aromatic carbocycles. The van der Waals surface area contributed by atoms with E-state index in [1.54, 1.807) is 17.5 Å². The summed E-state index contributed by atoms with van der Waals surface area (Å²) < 4.78 is 1.85. The van der Waals surface area contributed by atoms with E-state index in [1.807, 2.05) is 24.3 Å². The summed E-state index contributed by atoms with van der Waals surface area (Å²) in [6.07, 6.45) is 3.19. The van der Waals surface area contributed by atoms with Crippen molar-refractivity contribution >= 4 is 55.6 Å². The fraction of sp³-hybridized carbons (Fsp3) is 0. The van der Waals surface area contributed by atoms with Gasteiger partial charge in [0.2, 0.25) is 0 Å². The van der Waals surface area contributed by atoms with Crippen molar-refractivity contribution in [3.05, 3.63) is 41.1 Å². The number of aromatic nitrogens is 4. The van der Waals surface area contributed by atoms with Crippen LogP contribution in [-0.4, -0.2) is 20.2 Å². The molecule has 4 rings (SSSR count). The van der Waals surface area contributed by atoms with Crippen LogP contribution in [0.3, 0.4) is 0 Å². The van der Waals surface area contributed by atoms with Crippen LogP contribution in [0.2, 0.25) is 4.34 Å². The third-order valence-electron chi connectivity index (χ3n) is 3.04. The molecule has 0 aliphatic carbocycles. The summed E-state index contributed by atoms with van der Waals surface area (Å²) in [7, 11) is 0. The number of aromatic amines is 1. The maximum Gasteiger partial charge on any atom is 0.160 e. The highest BCUT2D eigenvalue weighted by Gasteiger charge is 2.13. The molecule has 0 aliphatic rings. The predicted octanol–water partition coefficient (Wildman–Crippen LogP) is 3.96. The normalized spacial score (nSPS) is 11.2. The first kappa shape index (κ1) is 11.6. The molecular formula is C13H8ClN5S. The monoisotopic (exact) mass is 301 g/mol. The first-order valence-electron chi connectivity index (χ1n) is 5.91. The zero-order chi connectivity index (χ0) is 13.5. The lowest BCUT2D eigenvalue weighted by molar-refractivity contribution is 1.09. The number of nitrogens with zero attached hydrogens (tertiary/aromatic N) is 3. The molecule has 7 heteroatoms. The second-order valence-electron chi connectivity index (χ2n) is 4.23. The van der Waals surface area contributed by atoms with E-state index in [0.717, 1.165) is 21.2 Å². The lowest BCUT2D eigenvalue weighted by atomic mass is 10.2. The Kier molecular flexibility index (Phi) is 2.58. The number of nitrogens with one attached hydrogen (secondary N) is 2. The molecular weight excluding hydrogens is 294 g/mol. The standard InChI is InChI=1S/C13H8ClN5S/c14-11-10(7-3-1-2-4-9(7)20-11)18-12-8-5-17-19-13(8)16-6-15-12/h1-6H,(H2,15,16,17,18,19). The molecule has 0 fully saturated rings. The fourth-order valence-corrected chi connectivity index (χ4v) is 3.40. The van der Waals surface area contributed by atoms with Crippen LogP contribution in [0.1, 0.15) is 0 Å². The van der Waals surface area contributed by atoms with Crippen LogP contribution in [0.25, 0.3) is 21.1 Å². The van der Waals surface area contributed by atoms with Gasteiger partial charge in [0.15, 0.2) is 5.65 Å². The zero-order valence-electron chi connectivity index (χ0n) is 10.1. The Morgan fingerprint density at radius 1 is 1.15 bits per heavy atom. The number of thiophene rings is 1. The fourth-order valence-electron chi connectivity index (χ4n) is 2.12. The van der Waals surface area contributed by atoms with Crippen LogP contribution in [0.4, 0.5) is 11.5 Å². The molecule has 0 unspecified atom stereocenters. The molecule has 0 spiro atoms. The smallest absolute Gasteiger partial charge is 0.160 e. The summed E-state index contributed by atoms with van der Waals surface area (Å²) in [6, 6.07) is 8.07. The molecule has 0 aliphatic heterocycles. The predicted molar refractivity (Wildman–Crippen MR) is 81.8 cm³/mol. The van der Waals surface area contributed by atoms with Crippen LogP contribution in [0.5, 0.6) is 0 Å². The van der Waals surface area contributed by atoms with E-state index in [0.29, 0.717) is 15.8 Å². The molecule has 98 valence electrons. The average molecular weight is 302 g/mol. The third kappa shape index (κ3) is 1.73. The zero-order valence-corrected chi connectivity index (χ0v) is 11.7. The highest BCUT2D eigenvalue weighted by atomic mass is 35.5. The van der Waals surface area contributed by atoms with E-state index < -0.39 is 0 Å². The van der Waals surface area contributed by atoms with E-state index in [4.69, 9.17) is 11.6 Å². The molecule has 20 heavy (non-hydrogen) atoms. The Bertz CT molecular complexity index is 913. The Balaban J connectivity index is 1.89. The summed E-state index contributed by atoms with van der Waals surface area (Å²) in [5.74, 6) is 0.689. The van der Waals surface area contributed by atoms with Gasteiger partial charge in [-0.15, -0.1) is 11.3 Å². The van der Waals surface area contributed by atoms with Crippen LogP contribution >= 0.6 is 22.9 Å². The summed E-state index contributed by atoms with van der Waals surface area (Å²) in [5.41, 5.74) is 1.56. The van der Waals surface area contributed by atoms with Gasteiger partial charge in [0, 0.05) is 10.1 Å². The molecule has 3 aromatic heterocycles. The minimum Gasteiger partial charge on any atom is -0.337 e. The van der Waals surface area contributed by atoms with Crippen LogP contribution < -0.4 is 5.32 Å². The second kappa shape index (κ2) is 4.43. The number of hydrogen-bond acceptors (Lipinski definition) is 5. The highest BCUT2D eigenvalue weighted by molar-refractivity contribution is 7.23. The summed E-state index contributed by atoms with van der Waals surface area (Å²) >= 11 is 7.87. The number of rotatable bonds is 2. The lowest BCUT2D eigenvalue weighted by Gasteiger charge is -2.05. The Morgan fingerprint density at radius 2 is 2.05 bits per heavy atom. The molecule has 5 nitrogen and oxygen atoms in total. The molecule has 0 atom stereocenters. The molecule has 0 saturated carbocycles. The van der Waals surface area contributed by atoms with Gasteiger partial charge in [0.05, 0.1) is 17.3 Å². The number of anilines is 2. The topological polar surface area (TPSA) is 66.5 Å². The minimum absolute atomic E-state index is 0.689.